The highest BCUT2D eigenvalue weighted by Crippen LogP contribution is 2.36. The van der Waals surface area contributed by atoms with Gasteiger partial charge in [-0.05, 0) is 24.0 Å². The van der Waals surface area contributed by atoms with Gasteiger partial charge in [0.15, 0.2) is 11.5 Å². The van der Waals surface area contributed by atoms with E-state index in [1.165, 1.54) is 29.4 Å². The molecule has 1 N–H and O–H groups in total. The molecule has 5 heteroatoms. The molecule has 2 aromatic rings. The number of rotatable bonds is 3. The number of aromatic carboxylic acids is 1. The van der Waals surface area contributed by atoms with Crippen molar-refractivity contribution in [2.45, 2.75) is 25.7 Å². The van der Waals surface area contributed by atoms with Crippen LogP contribution in [0.3, 0.4) is 0 Å². The van der Waals surface area contributed by atoms with Crippen LogP contribution in [0.25, 0.3) is 0 Å². The normalized spacial score (nSPS) is 14.2. The fourth-order valence-electron chi connectivity index (χ4n) is 2.63. The first-order valence-electron chi connectivity index (χ1n) is 6.38. The number of aromatic nitrogens is 1. The zero-order valence-electron chi connectivity index (χ0n) is 10.9. The maximum Gasteiger partial charge on any atom is 0.356 e. The van der Waals surface area contributed by atoms with E-state index in [-0.39, 0.29) is 22.3 Å². The van der Waals surface area contributed by atoms with Crippen molar-refractivity contribution in [3.63, 3.8) is 0 Å². The number of carboxylic acid groups (broad SMARTS) is 1. The van der Waals surface area contributed by atoms with E-state index < -0.39 is 5.97 Å². The number of thiazole rings is 1. The van der Waals surface area contributed by atoms with Crippen molar-refractivity contribution in [3.8, 4) is 0 Å². The Kier molecular flexibility index (Phi) is 3.14. The van der Waals surface area contributed by atoms with Crippen LogP contribution in [0.2, 0.25) is 0 Å². The number of ketones is 1. The Hall–Kier alpha value is -2.01. The lowest BCUT2D eigenvalue weighted by Crippen LogP contribution is -2.04. The Morgan fingerprint density at radius 1 is 1.25 bits per heavy atom. The maximum absolute atomic E-state index is 11.5. The second kappa shape index (κ2) is 4.83. The quantitative estimate of drug-likeness (QED) is 0.881. The molecule has 0 unspecified atom stereocenters. The SMILES string of the molecule is CC(=O)c1sc(C2Cc3ccccc3C2)nc1C(=O)O. The van der Waals surface area contributed by atoms with Gasteiger partial charge in [0.25, 0.3) is 0 Å². The van der Waals surface area contributed by atoms with Gasteiger partial charge in [-0.2, -0.15) is 0 Å². The van der Waals surface area contributed by atoms with Gasteiger partial charge in [-0.15, -0.1) is 11.3 Å². The average molecular weight is 287 g/mol. The second-order valence-corrected chi connectivity index (χ2v) is 6.00. The van der Waals surface area contributed by atoms with Crippen LogP contribution >= 0.6 is 11.3 Å². The van der Waals surface area contributed by atoms with Gasteiger partial charge >= 0.3 is 5.97 Å². The molecular formula is C15H13NO3S. The summed E-state index contributed by atoms with van der Waals surface area (Å²) >= 11 is 1.22. The Labute approximate surface area is 120 Å². The molecule has 0 fully saturated rings. The van der Waals surface area contributed by atoms with Crippen molar-refractivity contribution in [3.05, 3.63) is 51.0 Å². The summed E-state index contributed by atoms with van der Waals surface area (Å²) in [5, 5.41) is 9.89. The second-order valence-electron chi connectivity index (χ2n) is 4.97. The minimum absolute atomic E-state index is 0.103. The maximum atomic E-state index is 11.5. The van der Waals surface area contributed by atoms with Crippen LogP contribution in [0.1, 0.15) is 49.1 Å². The van der Waals surface area contributed by atoms with E-state index >= 15 is 0 Å². The van der Waals surface area contributed by atoms with Crippen molar-refractivity contribution in [1.82, 2.24) is 4.98 Å². The monoisotopic (exact) mass is 287 g/mol. The minimum Gasteiger partial charge on any atom is -0.476 e. The summed E-state index contributed by atoms with van der Waals surface area (Å²) in [5.41, 5.74) is 2.47. The van der Waals surface area contributed by atoms with Crippen molar-refractivity contribution in [2.75, 3.05) is 0 Å². The molecule has 102 valence electrons. The summed E-state index contributed by atoms with van der Waals surface area (Å²) in [7, 11) is 0. The molecule has 1 aliphatic rings. The molecule has 1 aliphatic carbocycles. The number of carbonyl (C=O) groups excluding carboxylic acids is 1. The molecule has 1 aromatic carbocycles. The van der Waals surface area contributed by atoms with Crippen molar-refractivity contribution >= 4 is 23.1 Å². The summed E-state index contributed by atoms with van der Waals surface area (Å²) in [6, 6.07) is 8.19. The van der Waals surface area contributed by atoms with Gasteiger partial charge in [-0.25, -0.2) is 9.78 Å². The van der Waals surface area contributed by atoms with E-state index in [9.17, 15) is 9.59 Å². The molecule has 3 rings (SSSR count). The van der Waals surface area contributed by atoms with E-state index in [0.29, 0.717) is 0 Å². The first-order valence-corrected chi connectivity index (χ1v) is 7.19. The van der Waals surface area contributed by atoms with Crippen LogP contribution in [0, 0.1) is 0 Å². The van der Waals surface area contributed by atoms with E-state index in [1.54, 1.807) is 0 Å². The summed E-state index contributed by atoms with van der Waals surface area (Å²) in [6.45, 7) is 1.38. The number of nitrogens with zero attached hydrogens (tertiary/aromatic N) is 1. The van der Waals surface area contributed by atoms with Crippen molar-refractivity contribution in [1.29, 1.82) is 0 Å². The first kappa shape index (κ1) is 13.0. The van der Waals surface area contributed by atoms with Gasteiger partial charge in [0, 0.05) is 12.8 Å². The molecule has 1 heterocycles. The summed E-state index contributed by atoms with van der Waals surface area (Å²) in [6.07, 6.45) is 1.72. The Bertz CT molecular complexity index is 648. The van der Waals surface area contributed by atoms with Crippen LogP contribution < -0.4 is 0 Å². The third-order valence-electron chi connectivity index (χ3n) is 3.57. The highest BCUT2D eigenvalue weighted by molar-refractivity contribution is 7.14. The topological polar surface area (TPSA) is 67.3 Å². The molecule has 0 saturated heterocycles. The smallest absolute Gasteiger partial charge is 0.356 e. The van der Waals surface area contributed by atoms with Crippen LogP contribution in [0.15, 0.2) is 24.3 Å². The molecule has 0 radical (unpaired) electrons. The average Bonchev–Trinajstić information content (AvgIpc) is 3.02. The fourth-order valence-corrected chi connectivity index (χ4v) is 3.68. The molecule has 0 amide bonds. The number of hydrogen-bond acceptors (Lipinski definition) is 4. The van der Waals surface area contributed by atoms with Gasteiger partial charge < -0.3 is 5.11 Å². The number of carboxylic acids is 1. The molecule has 20 heavy (non-hydrogen) atoms. The molecule has 1 aromatic heterocycles. The van der Waals surface area contributed by atoms with Crippen LogP contribution in [-0.4, -0.2) is 21.8 Å². The largest absolute Gasteiger partial charge is 0.476 e. The summed E-state index contributed by atoms with van der Waals surface area (Å²) in [4.78, 5) is 27.1. The van der Waals surface area contributed by atoms with Gasteiger partial charge in [0.05, 0.1) is 5.01 Å². The third-order valence-corrected chi connectivity index (χ3v) is 4.88. The lowest BCUT2D eigenvalue weighted by molar-refractivity contribution is 0.0686. The van der Waals surface area contributed by atoms with Crippen molar-refractivity contribution in [2.24, 2.45) is 0 Å². The van der Waals surface area contributed by atoms with Crippen LogP contribution in [-0.2, 0) is 12.8 Å². The van der Waals surface area contributed by atoms with Gasteiger partial charge in [0.1, 0.15) is 4.88 Å². The lowest BCUT2D eigenvalue weighted by atomic mass is 10.1. The van der Waals surface area contributed by atoms with Gasteiger partial charge in [-0.3, -0.25) is 4.79 Å². The van der Waals surface area contributed by atoms with Crippen LogP contribution in [0.5, 0.6) is 0 Å². The number of fused-ring (bicyclic) bond motifs is 1. The fraction of sp³-hybridized carbons (Fsp3) is 0.267. The molecule has 0 bridgehead atoms. The molecule has 0 saturated carbocycles. The summed E-state index contributed by atoms with van der Waals surface area (Å²) in [5.74, 6) is -1.18. The molecular weight excluding hydrogens is 274 g/mol. The molecule has 0 atom stereocenters. The summed E-state index contributed by atoms with van der Waals surface area (Å²) < 4.78 is 0. The van der Waals surface area contributed by atoms with Crippen LogP contribution in [0.4, 0.5) is 0 Å². The van der Waals surface area contributed by atoms with Gasteiger partial charge in [-0.1, -0.05) is 24.3 Å². The zero-order chi connectivity index (χ0) is 14.3. The number of benzene rings is 1. The van der Waals surface area contributed by atoms with Crippen molar-refractivity contribution < 1.29 is 14.7 Å². The third kappa shape index (κ3) is 2.14. The van der Waals surface area contributed by atoms with E-state index in [0.717, 1.165) is 17.8 Å². The number of carbonyl (C=O) groups is 2. The van der Waals surface area contributed by atoms with E-state index in [4.69, 9.17) is 5.11 Å². The Balaban J connectivity index is 1.95. The number of Topliss-reactive ketones (excluding diaryl/α,β-unsaturated/α-hetero) is 1. The molecule has 0 spiro atoms. The molecule has 4 nitrogen and oxygen atoms in total. The van der Waals surface area contributed by atoms with Gasteiger partial charge in [0.2, 0.25) is 0 Å². The van der Waals surface area contributed by atoms with E-state index in [2.05, 4.69) is 17.1 Å². The van der Waals surface area contributed by atoms with E-state index in [1.807, 2.05) is 12.1 Å². The predicted molar refractivity (Wildman–Crippen MR) is 75.7 cm³/mol. The first-order chi connectivity index (χ1) is 9.56. The predicted octanol–water partition coefficient (Wildman–Crippen LogP) is 2.93. The lowest BCUT2D eigenvalue weighted by Gasteiger charge is -2.02. The highest BCUT2D eigenvalue weighted by atomic mass is 32.1. The minimum atomic E-state index is -1.13. The number of hydrogen-bond donors (Lipinski definition) is 1. The Morgan fingerprint density at radius 3 is 2.30 bits per heavy atom. The highest BCUT2D eigenvalue weighted by Gasteiger charge is 2.28. The standard InChI is InChI=1S/C15H13NO3S/c1-8(17)13-12(15(18)19)16-14(20-13)11-6-9-4-2-3-5-10(9)7-11/h2-5,11H,6-7H2,1H3,(H,18,19). The zero-order valence-corrected chi connectivity index (χ0v) is 11.7. The molecule has 0 aliphatic heterocycles. The Morgan fingerprint density at radius 2 is 1.85 bits per heavy atom.